The topological polar surface area (TPSA) is 41.5 Å². The molecule has 0 spiro atoms. The molecule has 1 unspecified atom stereocenters. The van der Waals surface area contributed by atoms with E-state index in [1.54, 1.807) is 0 Å². The van der Waals surface area contributed by atoms with Gasteiger partial charge in [0, 0.05) is 16.7 Å². The van der Waals surface area contributed by atoms with Crippen LogP contribution in [0.15, 0.2) is 46.9 Å². The third-order valence-electron chi connectivity index (χ3n) is 2.84. The third kappa shape index (κ3) is 5.36. The molecule has 112 valence electrons. The number of aryl methyl sites for hydroxylation is 1. The van der Waals surface area contributed by atoms with Crippen LogP contribution in [0.5, 0.6) is 5.75 Å². The van der Waals surface area contributed by atoms with Crippen LogP contribution < -0.4 is 10.1 Å². The molecule has 0 aromatic heterocycles. The van der Waals surface area contributed by atoms with Gasteiger partial charge in [0.2, 0.25) is 0 Å². The van der Waals surface area contributed by atoms with Gasteiger partial charge in [0.05, 0.1) is 0 Å². The molecule has 5 heteroatoms. The number of hydrogen-bond acceptors (Lipinski definition) is 3. The molecule has 0 heterocycles. The van der Waals surface area contributed by atoms with E-state index in [1.165, 1.54) is 12.1 Å². The van der Waals surface area contributed by atoms with Gasteiger partial charge in [-0.3, -0.25) is 0 Å². The average Bonchev–Trinajstić information content (AvgIpc) is 2.43. The maximum Gasteiger partial charge on any atom is 0.125 e. The standard InChI is InChI=1S/C16H17BrFNO2/c1-11-6-13(18)8-14(7-11)19-9-15(20)10-21-16-4-2-12(17)3-5-16/h2-8,15,19-20H,9-10H2,1H3. The number of aliphatic hydroxyl groups excluding tert-OH is 1. The van der Waals surface area contributed by atoms with Crippen molar-refractivity contribution in [3.63, 3.8) is 0 Å². The van der Waals surface area contributed by atoms with Crippen LogP contribution in [-0.4, -0.2) is 24.4 Å². The van der Waals surface area contributed by atoms with E-state index in [4.69, 9.17) is 4.74 Å². The molecule has 3 nitrogen and oxygen atoms in total. The van der Waals surface area contributed by atoms with Gasteiger partial charge in [-0.1, -0.05) is 15.9 Å². The Kier molecular flexibility index (Phi) is 5.59. The molecule has 0 aliphatic carbocycles. The molecular formula is C16H17BrFNO2. The number of anilines is 1. The predicted molar refractivity (Wildman–Crippen MR) is 85.3 cm³/mol. The highest BCUT2D eigenvalue weighted by molar-refractivity contribution is 9.10. The molecule has 2 rings (SSSR count). The summed E-state index contributed by atoms with van der Waals surface area (Å²) in [6, 6.07) is 12.1. The van der Waals surface area contributed by atoms with Crippen molar-refractivity contribution in [2.24, 2.45) is 0 Å². The quantitative estimate of drug-likeness (QED) is 0.830. The lowest BCUT2D eigenvalue weighted by Crippen LogP contribution is -2.26. The lowest BCUT2D eigenvalue weighted by Gasteiger charge is -2.14. The number of halogens is 2. The van der Waals surface area contributed by atoms with Crippen LogP contribution in [0, 0.1) is 12.7 Å². The molecule has 0 aliphatic rings. The molecule has 1 atom stereocenters. The number of nitrogens with one attached hydrogen (secondary N) is 1. The summed E-state index contributed by atoms with van der Waals surface area (Å²) >= 11 is 3.34. The summed E-state index contributed by atoms with van der Waals surface area (Å²) in [5.41, 5.74) is 1.48. The van der Waals surface area contributed by atoms with Gasteiger partial charge in [-0.2, -0.15) is 0 Å². The summed E-state index contributed by atoms with van der Waals surface area (Å²) in [7, 11) is 0. The zero-order valence-corrected chi connectivity index (χ0v) is 13.2. The van der Waals surface area contributed by atoms with Crippen LogP contribution in [0.2, 0.25) is 0 Å². The highest BCUT2D eigenvalue weighted by Crippen LogP contribution is 2.16. The SMILES string of the molecule is Cc1cc(F)cc(NCC(O)COc2ccc(Br)cc2)c1. The van der Waals surface area contributed by atoms with Gasteiger partial charge in [0.25, 0.3) is 0 Å². The average molecular weight is 354 g/mol. The van der Waals surface area contributed by atoms with Crippen molar-refractivity contribution >= 4 is 21.6 Å². The first-order chi connectivity index (χ1) is 10.0. The largest absolute Gasteiger partial charge is 0.491 e. The normalized spacial score (nSPS) is 12.0. The molecule has 2 aromatic carbocycles. The van der Waals surface area contributed by atoms with Crippen molar-refractivity contribution in [3.8, 4) is 5.75 Å². The molecule has 0 bridgehead atoms. The van der Waals surface area contributed by atoms with Crippen molar-refractivity contribution in [3.05, 3.63) is 58.3 Å². The second kappa shape index (κ2) is 7.43. The van der Waals surface area contributed by atoms with E-state index in [0.29, 0.717) is 18.0 Å². The van der Waals surface area contributed by atoms with Gasteiger partial charge in [-0.05, 0) is 55.0 Å². The first kappa shape index (κ1) is 15.8. The number of aliphatic hydroxyl groups is 1. The second-order valence-corrected chi connectivity index (χ2v) is 5.73. The van der Waals surface area contributed by atoms with E-state index in [9.17, 15) is 9.50 Å². The Labute approximate surface area is 131 Å². The highest BCUT2D eigenvalue weighted by atomic mass is 79.9. The van der Waals surface area contributed by atoms with Crippen molar-refractivity contribution in [2.45, 2.75) is 13.0 Å². The maximum absolute atomic E-state index is 13.2. The summed E-state index contributed by atoms with van der Waals surface area (Å²) in [4.78, 5) is 0. The Balaban J connectivity index is 1.79. The third-order valence-corrected chi connectivity index (χ3v) is 3.37. The molecule has 2 N–H and O–H groups in total. The zero-order valence-electron chi connectivity index (χ0n) is 11.6. The van der Waals surface area contributed by atoms with Crippen LogP contribution in [0.4, 0.5) is 10.1 Å². The molecule has 2 aromatic rings. The summed E-state index contributed by atoms with van der Waals surface area (Å²) in [5.74, 6) is 0.400. The van der Waals surface area contributed by atoms with E-state index < -0.39 is 6.10 Å². The minimum atomic E-state index is -0.683. The monoisotopic (exact) mass is 353 g/mol. The minimum absolute atomic E-state index is 0.170. The first-order valence-electron chi connectivity index (χ1n) is 6.60. The van der Waals surface area contributed by atoms with E-state index in [2.05, 4.69) is 21.2 Å². The van der Waals surface area contributed by atoms with Gasteiger partial charge in [0.15, 0.2) is 0 Å². The second-order valence-electron chi connectivity index (χ2n) is 4.82. The fraction of sp³-hybridized carbons (Fsp3) is 0.250. The molecule has 0 fully saturated rings. The zero-order chi connectivity index (χ0) is 15.2. The van der Waals surface area contributed by atoms with Gasteiger partial charge in [0.1, 0.15) is 24.3 Å². The van der Waals surface area contributed by atoms with Crippen molar-refractivity contribution in [2.75, 3.05) is 18.5 Å². The number of hydrogen-bond donors (Lipinski definition) is 2. The molecule has 21 heavy (non-hydrogen) atoms. The molecule has 0 radical (unpaired) electrons. The van der Waals surface area contributed by atoms with Crippen LogP contribution in [0.25, 0.3) is 0 Å². The Hall–Kier alpha value is -1.59. The summed E-state index contributed by atoms with van der Waals surface area (Å²) in [6.45, 7) is 2.28. The van der Waals surface area contributed by atoms with E-state index in [-0.39, 0.29) is 12.4 Å². The summed E-state index contributed by atoms with van der Waals surface area (Å²) in [5, 5.41) is 12.9. The summed E-state index contributed by atoms with van der Waals surface area (Å²) in [6.07, 6.45) is -0.683. The fourth-order valence-electron chi connectivity index (χ4n) is 1.86. The molecule has 0 aliphatic heterocycles. The Morgan fingerprint density at radius 1 is 1.24 bits per heavy atom. The van der Waals surface area contributed by atoms with Crippen molar-refractivity contribution in [1.82, 2.24) is 0 Å². The van der Waals surface area contributed by atoms with Crippen molar-refractivity contribution in [1.29, 1.82) is 0 Å². The molecule has 0 amide bonds. The van der Waals surface area contributed by atoms with E-state index >= 15 is 0 Å². The van der Waals surface area contributed by atoms with Crippen LogP contribution >= 0.6 is 15.9 Å². The molecular weight excluding hydrogens is 337 g/mol. The van der Waals surface area contributed by atoms with Gasteiger partial charge >= 0.3 is 0 Å². The Morgan fingerprint density at radius 2 is 1.95 bits per heavy atom. The minimum Gasteiger partial charge on any atom is -0.491 e. The maximum atomic E-state index is 13.2. The summed E-state index contributed by atoms with van der Waals surface area (Å²) < 4.78 is 19.7. The van der Waals surface area contributed by atoms with E-state index in [0.717, 1.165) is 10.0 Å². The fourth-order valence-corrected chi connectivity index (χ4v) is 2.12. The number of ether oxygens (including phenoxy) is 1. The Morgan fingerprint density at radius 3 is 2.62 bits per heavy atom. The van der Waals surface area contributed by atoms with Crippen LogP contribution in [0.3, 0.4) is 0 Å². The van der Waals surface area contributed by atoms with Crippen LogP contribution in [0.1, 0.15) is 5.56 Å². The molecule has 0 saturated heterocycles. The Bertz CT molecular complexity index is 569. The first-order valence-corrected chi connectivity index (χ1v) is 7.40. The van der Waals surface area contributed by atoms with E-state index in [1.807, 2.05) is 37.3 Å². The lowest BCUT2D eigenvalue weighted by atomic mass is 10.2. The lowest BCUT2D eigenvalue weighted by molar-refractivity contribution is 0.117. The number of benzene rings is 2. The van der Waals surface area contributed by atoms with Gasteiger partial charge in [-0.15, -0.1) is 0 Å². The van der Waals surface area contributed by atoms with Gasteiger partial charge in [-0.25, -0.2) is 4.39 Å². The molecule has 0 saturated carbocycles. The highest BCUT2D eigenvalue weighted by Gasteiger charge is 2.06. The van der Waals surface area contributed by atoms with Crippen LogP contribution in [-0.2, 0) is 0 Å². The van der Waals surface area contributed by atoms with Crippen molar-refractivity contribution < 1.29 is 14.2 Å². The smallest absolute Gasteiger partial charge is 0.125 e. The van der Waals surface area contributed by atoms with Gasteiger partial charge < -0.3 is 15.2 Å². The number of rotatable bonds is 6. The predicted octanol–water partition coefficient (Wildman–Crippen LogP) is 3.75.